The third kappa shape index (κ3) is 5.50. The van der Waals surface area contributed by atoms with E-state index < -0.39 is 53.4 Å². The summed E-state index contributed by atoms with van der Waals surface area (Å²) in [5.74, 6) is -2.40. The van der Waals surface area contributed by atoms with E-state index in [1.54, 1.807) is 31.4 Å². The lowest BCUT2D eigenvalue weighted by Gasteiger charge is -2.37. The average molecular weight is 604 g/mol. The molecule has 3 aromatic rings. The number of pyridine rings is 2. The van der Waals surface area contributed by atoms with Crippen LogP contribution in [0.2, 0.25) is 0 Å². The third-order valence-electron chi connectivity index (χ3n) is 8.16. The van der Waals surface area contributed by atoms with E-state index in [9.17, 15) is 19.2 Å². The summed E-state index contributed by atoms with van der Waals surface area (Å²) in [7, 11) is 0. The normalized spacial score (nSPS) is 18.1. The lowest BCUT2D eigenvalue weighted by Crippen LogP contribution is -2.55. The molecule has 0 fully saturated rings. The van der Waals surface area contributed by atoms with E-state index in [4.69, 9.17) is 31.7 Å². The highest BCUT2D eigenvalue weighted by atomic mass is 16.6. The van der Waals surface area contributed by atoms with Gasteiger partial charge in [0.1, 0.15) is 6.04 Å². The highest BCUT2D eigenvalue weighted by molar-refractivity contribution is 5.96. The molecule has 3 atom stereocenters. The van der Waals surface area contributed by atoms with Gasteiger partial charge in [-0.1, -0.05) is 39.0 Å². The molecule has 2 aromatic heterocycles. The first-order valence-electron chi connectivity index (χ1n) is 14.6. The van der Waals surface area contributed by atoms with Gasteiger partial charge in [-0.25, -0.2) is 9.78 Å². The summed E-state index contributed by atoms with van der Waals surface area (Å²) < 4.78 is 13.3. The number of aromatic nitrogens is 2. The lowest BCUT2D eigenvalue weighted by atomic mass is 9.84. The molecular formula is C31H37N7O6. The Morgan fingerprint density at radius 2 is 1.95 bits per heavy atom. The summed E-state index contributed by atoms with van der Waals surface area (Å²) >= 11 is 0. The van der Waals surface area contributed by atoms with Crippen LogP contribution in [0.1, 0.15) is 51.2 Å². The zero-order chi connectivity index (χ0) is 31.8. The van der Waals surface area contributed by atoms with Crippen molar-refractivity contribution in [3.63, 3.8) is 0 Å². The van der Waals surface area contributed by atoms with Gasteiger partial charge in [0.25, 0.3) is 5.56 Å². The van der Waals surface area contributed by atoms with Crippen LogP contribution in [0.4, 0.5) is 0 Å². The Hall–Kier alpha value is -4.78. The Balaban J connectivity index is 1.46. The van der Waals surface area contributed by atoms with Crippen LogP contribution in [0.3, 0.4) is 0 Å². The number of amides is 1. The molecule has 1 amide bonds. The van der Waals surface area contributed by atoms with Gasteiger partial charge in [0.05, 0.1) is 35.1 Å². The number of carbonyl (C=O) groups is 3. The van der Waals surface area contributed by atoms with Crippen molar-refractivity contribution in [2.24, 2.45) is 28.1 Å². The number of benzene rings is 1. The van der Waals surface area contributed by atoms with Gasteiger partial charge in [-0.05, 0) is 43.4 Å². The molecule has 0 saturated carbocycles. The van der Waals surface area contributed by atoms with Gasteiger partial charge < -0.3 is 32.0 Å². The molecule has 13 nitrogen and oxygen atoms in total. The van der Waals surface area contributed by atoms with Crippen LogP contribution in [-0.4, -0.2) is 58.4 Å². The summed E-state index contributed by atoms with van der Waals surface area (Å²) in [5, 5.41) is 3.62. The number of nitrogens with one attached hydrogen (secondary N) is 1. The molecule has 0 radical (unpaired) electrons. The predicted molar refractivity (Wildman–Crippen MR) is 164 cm³/mol. The minimum Gasteiger partial charge on any atom is -0.479 e. The first kappa shape index (κ1) is 30.7. The van der Waals surface area contributed by atoms with Gasteiger partial charge in [-0.2, -0.15) is 0 Å². The lowest BCUT2D eigenvalue weighted by molar-refractivity contribution is -0.176. The van der Waals surface area contributed by atoms with Crippen molar-refractivity contribution in [3.8, 4) is 17.1 Å². The highest BCUT2D eigenvalue weighted by Crippen LogP contribution is 2.43. The molecule has 13 heteroatoms. The van der Waals surface area contributed by atoms with E-state index in [-0.39, 0.29) is 30.1 Å². The van der Waals surface area contributed by atoms with Crippen molar-refractivity contribution in [2.45, 2.75) is 64.3 Å². The highest BCUT2D eigenvalue weighted by Gasteiger charge is 2.50. The van der Waals surface area contributed by atoms with Crippen LogP contribution in [-0.2, 0) is 31.3 Å². The van der Waals surface area contributed by atoms with Crippen molar-refractivity contribution < 1.29 is 23.9 Å². The number of fused-ring (bicyclic) bond motifs is 5. The maximum atomic E-state index is 13.7. The van der Waals surface area contributed by atoms with Gasteiger partial charge in [0.2, 0.25) is 17.3 Å². The number of nitrogens with two attached hydrogens (primary N) is 3. The standard InChI is InChI=1S/C31H37N7O6/c1-4-31(44-29(42)24(16(2)3)37-27(40)20(32)9-7-11-35-30(33)34)19-13-22-25-18(12-17-8-5-6-10-21(17)36-25)14-38(22)28(41)26(19)43-15-23(31)39/h5-6,8,10,12-13,16,20,24H,4,7,9,11,14-15,32H2,1-3H3,(H,37,40)(H4,33,34,35)/t20-,24-,31-/m0/s1. The molecule has 0 aliphatic carbocycles. The smallest absolute Gasteiger partial charge is 0.330 e. The molecule has 1 aromatic carbocycles. The number of rotatable bonds is 10. The third-order valence-corrected chi connectivity index (χ3v) is 8.16. The van der Waals surface area contributed by atoms with Crippen molar-refractivity contribution in [1.82, 2.24) is 14.9 Å². The largest absolute Gasteiger partial charge is 0.479 e. The summed E-state index contributed by atoms with van der Waals surface area (Å²) in [6, 6.07) is 9.25. The molecular weight excluding hydrogens is 566 g/mol. The molecule has 2 aliphatic rings. The van der Waals surface area contributed by atoms with E-state index >= 15 is 0 Å². The van der Waals surface area contributed by atoms with Crippen LogP contribution in [0.15, 0.2) is 46.2 Å². The fraction of sp³-hybridized carbons (Fsp3) is 0.419. The number of hydrogen-bond donors (Lipinski definition) is 4. The zero-order valence-electron chi connectivity index (χ0n) is 25.0. The monoisotopic (exact) mass is 603 g/mol. The number of Topliss-reactive ketones (excluding diaryl/α,β-unsaturated/α-hetero) is 1. The molecule has 5 rings (SSSR count). The SMILES string of the molecule is CC[C@@]1(OC(=O)[C@@H](NC(=O)[C@@H](N)CCCN=C(N)N)C(C)C)C(=O)COc2c1cc1n(c2=O)Cc2cc3ccccc3nc2-1. The van der Waals surface area contributed by atoms with E-state index in [0.29, 0.717) is 30.9 Å². The Kier molecular flexibility index (Phi) is 8.42. The molecule has 0 spiro atoms. The zero-order valence-corrected chi connectivity index (χ0v) is 25.0. The van der Waals surface area contributed by atoms with Crippen LogP contribution >= 0.6 is 0 Å². The van der Waals surface area contributed by atoms with Crippen LogP contribution in [0.25, 0.3) is 22.3 Å². The second-order valence-corrected chi connectivity index (χ2v) is 11.5. The molecule has 0 bridgehead atoms. The topological polar surface area (TPSA) is 207 Å². The second-order valence-electron chi connectivity index (χ2n) is 11.5. The number of hydrogen-bond acceptors (Lipinski definition) is 9. The van der Waals surface area contributed by atoms with E-state index in [2.05, 4.69) is 10.3 Å². The summed E-state index contributed by atoms with van der Waals surface area (Å²) in [6.07, 6.45) is 0.781. The van der Waals surface area contributed by atoms with Gasteiger partial charge >= 0.3 is 5.97 Å². The summed E-state index contributed by atoms with van der Waals surface area (Å²) in [5.41, 5.74) is 17.4. The van der Waals surface area contributed by atoms with Crippen LogP contribution < -0.4 is 32.8 Å². The van der Waals surface area contributed by atoms with Gasteiger partial charge in [0.15, 0.2) is 18.3 Å². The van der Waals surface area contributed by atoms with Crippen LogP contribution in [0, 0.1) is 5.92 Å². The maximum Gasteiger partial charge on any atom is 0.330 e. The van der Waals surface area contributed by atoms with Crippen LogP contribution in [0.5, 0.6) is 5.75 Å². The number of guanidine groups is 1. The molecule has 232 valence electrons. The molecule has 4 heterocycles. The number of aliphatic imine (C=N–C) groups is 1. The van der Waals surface area contributed by atoms with Crippen molar-refractivity contribution in [1.29, 1.82) is 0 Å². The fourth-order valence-electron chi connectivity index (χ4n) is 5.71. The molecule has 44 heavy (non-hydrogen) atoms. The number of para-hydroxylation sites is 1. The molecule has 2 aliphatic heterocycles. The minimum atomic E-state index is -1.81. The summed E-state index contributed by atoms with van der Waals surface area (Å²) in [4.78, 5) is 62.6. The second kappa shape index (κ2) is 12.1. The Morgan fingerprint density at radius 3 is 2.66 bits per heavy atom. The quantitative estimate of drug-likeness (QED) is 0.0877. The van der Waals surface area contributed by atoms with Crippen molar-refractivity contribution in [3.05, 3.63) is 57.9 Å². The maximum absolute atomic E-state index is 13.7. The molecule has 0 saturated heterocycles. The molecule has 0 unspecified atom stereocenters. The predicted octanol–water partition coefficient (Wildman–Crippen LogP) is 1.06. The van der Waals surface area contributed by atoms with Gasteiger partial charge in [-0.15, -0.1) is 0 Å². The Labute approximate surface area is 253 Å². The van der Waals surface area contributed by atoms with E-state index in [1.165, 1.54) is 0 Å². The van der Waals surface area contributed by atoms with E-state index in [1.807, 2.05) is 30.3 Å². The Morgan fingerprint density at radius 1 is 1.20 bits per heavy atom. The average Bonchev–Trinajstić information content (AvgIpc) is 3.35. The number of ether oxygens (including phenoxy) is 2. The first-order valence-corrected chi connectivity index (χ1v) is 14.6. The van der Waals surface area contributed by atoms with E-state index in [0.717, 1.165) is 16.5 Å². The minimum absolute atomic E-state index is 0.0396. The number of ketones is 1. The fourth-order valence-corrected chi connectivity index (χ4v) is 5.71. The van der Waals surface area contributed by atoms with Gasteiger partial charge in [0, 0.05) is 17.5 Å². The Bertz CT molecular complexity index is 1730. The van der Waals surface area contributed by atoms with Crippen molar-refractivity contribution in [2.75, 3.05) is 13.2 Å². The number of esters is 1. The molecule has 7 N–H and O–H groups in total. The first-order chi connectivity index (χ1) is 21.0. The number of nitrogens with zero attached hydrogens (tertiary/aromatic N) is 3. The van der Waals surface area contributed by atoms with Crippen molar-refractivity contribution >= 4 is 34.5 Å². The number of carbonyl (C=O) groups excluding carboxylic acids is 3. The summed E-state index contributed by atoms with van der Waals surface area (Å²) in [6.45, 7) is 5.32. The van der Waals surface area contributed by atoms with Gasteiger partial charge in [-0.3, -0.25) is 23.9 Å².